The van der Waals surface area contributed by atoms with Crippen LogP contribution in [0.15, 0.2) is 36.5 Å². The van der Waals surface area contributed by atoms with Gasteiger partial charge in [0.05, 0.1) is 22.1 Å². The predicted octanol–water partition coefficient (Wildman–Crippen LogP) is 3.96. The average Bonchev–Trinajstić information content (AvgIpc) is 2.81. The zero-order valence-electron chi connectivity index (χ0n) is 9.59. The Kier molecular flexibility index (Phi) is 3.03. The second-order valence-electron chi connectivity index (χ2n) is 3.80. The van der Waals surface area contributed by atoms with Gasteiger partial charge in [-0.1, -0.05) is 22.9 Å². The number of pyridine rings is 1. The van der Waals surface area contributed by atoms with Crippen LogP contribution < -0.4 is 5.32 Å². The van der Waals surface area contributed by atoms with Crippen LogP contribution >= 0.6 is 22.9 Å². The second-order valence-corrected chi connectivity index (χ2v) is 5.27. The van der Waals surface area contributed by atoms with Gasteiger partial charge in [-0.25, -0.2) is 9.97 Å². The summed E-state index contributed by atoms with van der Waals surface area (Å²) in [5.74, 6) is 0. The summed E-state index contributed by atoms with van der Waals surface area (Å²) in [7, 11) is 0. The molecule has 0 saturated carbocycles. The van der Waals surface area contributed by atoms with Crippen LogP contribution in [0.2, 0.25) is 5.02 Å². The fourth-order valence-electron chi connectivity index (χ4n) is 1.61. The van der Waals surface area contributed by atoms with Gasteiger partial charge in [0.2, 0.25) is 0 Å². The maximum atomic E-state index is 8.68. The van der Waals surface area contributed by atoms with Crippen LogP contribution in [0.1, 0.15) is 5.69 Å². The number of hydrogen-bond acceptors (Lipinski definition) is 5. The number of hydrogen-bond donors (Lipinski definition) is 1. The molecule has 0 aliphatic carbocycles. The van der Waals surface area contributed by atoms with Crippen LogP contribution in [-0.4, -0.2) is 9.97 Å². The lowest BCUT2D eigenvalue weighted by atomic mass is 10.3. The Morgan fingerprint density at radius 1 is 1.26 bits per heavy atom. The van der Waals surface area contributed by atoms with E-state index >= 15 is 0 Å². The molecule has 2 aromatic heterocycles. The molecule has 0 radical (unpaired) electrons. The third kappa shape index (κ3) is 2.50. The van der Waals surface area contributed by atoms with Gasteiger partial charge in [-0.15, -0.1) is 0 Å². The lowest BCUT2D eigenvalue weighted by molar-refractivity contribution is 1.26. The van der Waals surface area contributed by atoms with Crippen LogP contribution in [0.3, 0.4) is 0 Å². The van der Waals surface area contributed by atoms with E-state index in [1.807, 2.05) is 24.3 Å². The van der Waals surface area contributed by atoms with E-state index in [1.54, 1.807) is 18.3 Å². The molecule has 0 aliphatic heterocycles. The SMILES string of the molecule is N#Cc1ccc(Nc2nc3ccc(Cl)cc3s2)cn1. The molecule has 0 bridgehead atoms. The van der Waals surface area contributed by atoms with Crippen LogP contribution in [0, 0.1) is 11.3 Å². The molecule has 0 aliphatic rings. The molecule has 3 aromatic rings. The van der Waals surface area contributed by atoms with Gasteiger partial charge in [-0.2, -0.15) is 5.26 Å². The molecule has 1 N–H and O–H groups in total. The number of nitriles is 1. The molecule has 19 heavy (non-hydrogen) atoms. The van der Waals surface area contributed by atoms with E-state index in [-0.39, 0.29) is 0 Å². The summed E-state index contributed by atoms with van der Waals surface area (Å²) in [6, 6.07) is 11.0. The van der Waals surface area contributed by atoms with Crippen molar-refractivity contribution in [2.24, 2.45) is 0 Å². The maximum absolute atomic E-state index is 8.68. The Bertz CT molecular complexity index is 773. The number of halogens is 1. The van der Waals surface area contributed by atoms with Gasteiger partial charge in [-0.05, 0) is 30.3 Å². The van der Waals surface area contributed by atoms with Crippen molar-refractivity contribution < 1.29 is 0 Å². The van der Waals surface area contributed by atoms with Crippen LogP contribution in [-0.2, 0) is 0 Å². The molecule has 0 fully saturated rings. The quantitative estimate of drug-likeness (QED) is 0.774. The highest BCUT2D eigenvalue weighted by Crippen LogP contribution is 2.29. The normalized spacial score (nSPS) is 10.3. The van der Waals surface area contributed by atoms with Crippen molar-refractivity contribution in [3.05, 3.63) is 47.2 Å². The molecule has 3 rings (SSSR count). The lowest BCUT2D eigenvalue weighted by Crippen LogP contribution is -1.90. The highest BCUT2D eigenvalue weighted by molar-refractivity contribution is 7.22. The van der Waals surface area contributed by atoms with Gasteiger partial charge in [0.25, 0.3) is 0 Å². The summed E-state index contributed by atoms with van der Waals surface area (Å²) >= 11 is 7.46. The summed E-state index contributed by atoms with van der Waals surface area (Å²) in [6.45, 7) is 0. The van der Waals surface area contributed by atoms with Crippen molar-refractivity contribution in [2.45, 2.75) is 0 Å². The summed E-state index contributed by atoms with van der Waals surface area (Å²) in [5, 5.41) is 13.3. The molecule has 0 unspecified atom stereocenters. The van der Waals surface area contributed by atoms with Gasteiger partial charge >= 0.3 is 0 Å². The lowest BCUT2D eigenvalue weighted by Gasteiger charge is -2.00. The van der Waals surface area contributed by atoms with E-state index in [1.165, 1.54) is 11.3 Å². The minimum absolute atomic E-state index is 0.390. The minimum Gasteiger partial charge on any atom is -0.330 e. The first-order valence-corrected chi connectivity index (χ1v) is 6.63. The Morgan fingerprint density at radius 2 is 2.16 bits per heavy atom. The van der Waals surface area contributed by atoms with Crippen molar-refractivity contribution in [1.82, 2.24) is 9.97 Å². The van der Waals surface area contributed by atoms with Gasteiger partial charge < -0.3 is 5.32 Å². The summed E-state index contributed by atoms with van der Waals surface area (Å²) in [4.78, 5) is 8.44. The molecule has 1 aromatic carbocycles. The number of thiazole rings is 1. The van der Waals surface area contributed by atoms with Crippen molar-refractivity contribution in [3.63, 3.8) is 0 Å². The van der Waals surface area contributed by atoms with Gasteiger partial charge in [0, 0.05) is 5.02 Å². The number of anilines is 2. The fraction of sp³-hybridized carbons (Fsp3) is 0. The second kappa shape index (κ2) is 4.84. The number of fused-ring (bicyclic) bond motifs is 1. The summed E-state index contributed by atoms with van der Waals surface area (Å²) in [6.07, 6.45) is 1.61. The number of rotatable bonds is 2. The zero-order chi connectivity index (χ0) is 13.2. The maximum Gasteiger partial charge on any atom is 0.188 e. The average molecular weight is 287 g/mol. The van der Waals surface area contributed by atoms with Crippen molar-refractivity contribution in [3.8, 4) is 6.07 Å². The topological polar surface area (TPSA) is 61.6 Å². The Hall–Kier alpha value is -2.16. The van der Waals surface area contributed by atoms with Crippen LogP contribution in [0.5, 0.6) is 0 Å². The van der Waals surface area contributed by atoms with Crippen molar-refractivity contribution >= 4 is 44.0 Å². The molecule has 2 heterocycles. The molecule has 6 heteroatoms. The molecular formula is C13H7ClN4S. The zero-order valence-corrected chi connectivity index (χ0v) is 11.2. The molecule has 0 spiro atoms. The molecule has 92 valence electrons. The van der Waals surface area contributed by atoms with Crippen LogP contribution in [0.25, 0.3) is 10.2 Å². The molecule has 0 atom stereocenters. The van der Waals surface area contributed by atoms with Crippen molar-refractivity contribution in [2.75, 3.05) is 5.32 Å². The third-order valence-electron chi connectivity index (χ3n) is 2.48. The highest BCUT2D eigenvalue weighted by Gasteiger charge is 2.05. The molecule has 0 saturated heterocycles. The fourth-order valence-corrected chi connectivity index (χ4v) is 2.77. The minimum atomic E-state index is 0.390. The van der Waals surface area contributed by atoms with E-state index in [2.05, 4.69) is 15.3 Å². The number of aromatic nitrogens is 2. The van der Waals surface area contributed by atoms with E-state index in [4.69, 9.17) is 16.9 Å². The highest BCUT2D eigenvalue weighted by atomic mass is 35.5. The molecular weight excluding hydrogens is 280 g/mol. The largest absolute Gasteiger partial charge is 0.330 e. The summed E-state index contributed by atoms with van der Waals surface area (Å²) in [5.41, 5.74) is 2.09. The Labute approximate surface area is 118 Å². The van der Waals surface area contributed by atoms with E-state index in [0.717, 1.165) is 21.0 Å². The molecule has 0 amide bonds. The first kappa shape index (κ1) is 11.9. The first-order valence-electron chi connectivity index (χ1n) is 5.44. The van der Waals surface area contributed by atoms with Crippen LogP contribution in [0.4, 0.5) is 10.8 Å². The van der Waals surface area contributed by atoms with Gasteiger partial charge in [0.1, 0.15) is 11.8 Å². The first-order chi connectivity index (χ1) is 9.24. The Balaban J connectivity index is 1.90. The van der Waals surface area contributed by atoms with Gasteiger partial charge in [-0.3, -0.25) is 0 Å². The predicted molar refractivity (Wildman–Crippen MR) is 76.9 cm³/mol. The van der Waals surface area contributed by atoms with E-state index in [0.29, 0.717) is 10.7 Å². The number of benzene rings is 1. The van der Waals surface area contributed by atoms with E-state index in [9.17, 15) is 0 Å². The Morgan fingerprint density at radius 3 is 2.89 bits per heavy atom. The summed E-state index contributed by atoms with van der Waals surface area (Å²) < 4.78 is 1.02. The van der Waals surface area contributed by atoms with E-state index < -0.39 is 0 Å². The number of nitrogens with zero attached hydrogens (tertiary/aromatic N) is 3. The van der Waals surface area contributed by atoms with Crippen molar-refractivity contribution in [1.29, 1.82) is 5.26 Å². The standard InChI is InChI=1S/C13H7ClN4S/c14-8-1-4-11-12(5-8)19-13(18-11)17-10-3-2-9(6-15)16-7-10/h1-5,7H,(H,17,18). The number of nitrogens with one attached hydrogen (secondary N) is 1. The monoisotopic (exact) mass is 286 g/mol. The third-order valence-corrected chi connectivity index (χ3v) is 3.65. The molecule has 4 nitrogen and oxygen atoms in total. The smallest absolute Gasteiger partial charge is 0.188 e. The van der Waals surface area contributed by atoms with Gasteiger partial charge in [0.15, 0.2) is 5.13 Å².